The molecule has 3 rings (SSSR count). The number of fused-ring (bicyclic) bond motifs is 1. The first-order chi connectivity index (χ1) is 10.7. The van der Waals surface area contributed by atoms with Gasteiger partial charge in [-0.2, -0.15) is 3.96 Å². The lowest BCUT2D eigenvalue weighted by Gasteiger charge is -2.16. The highest BCUT2D eigenvalue weighted by atomic mass is 32.1. The zero-order valence-corrected chi connectivity index (χ0v) is 12.8. The van der Waals surface area contributed by atoms with Gasteiger partial charge in [0.15, 0.2) is 0 Å². The topological polar surface area (TPSA) is 64.0 Å². The summed E-state index contributed by atoms with van der Waals surface area (Å²) in [6.45, 7) is 1.99. The molecule has 1 atom stereocenters. The molecule has 0 saturated carbocycles. The number of hydrogen-bond acceptors (Lipinski definition) is 4. The number of carbonyl (C=O) groups is 1. The smallest absolute Gasteiger partial charge is 0.330 e. The molecule has 5 nitrogen and oxygen atoms in total. The number of nitrogens with one attached hydrogen (secondary N) is 1. The molecule has 1 aromatic carbocycles. The van der Waals surface area contributed by atoms with E-state index < -0.39 is 6.03 Å². The molecular formula is C16H15N3O2S. The SMILES string of the molecule is CC[C@H](NC(=O)n1sc2ncccc2c1=O)c1ccccc1. The van der Waals surface area contributed by atoms with E-state index in [1.165, 1.54) is 0 Å². The monoisotopic (exact) mass is 313 g/mol. The molecule has 0 spiro atoms. The van der Waals surface area contributed by atoms with Crippen LogP contribution in [0.5, 0.6) is 0 Å². The van der Waals surface area contributed by atoms with Crippen LogP contribution < -0.4 is 10.9 Å². The van der Waals surface area contributed by atoms with Crippen molar-refractivity contribution in [1.82, 2.24) is 14.3 Å². The third kappa shape index (κ3) is 2.65. The Hall–Kier alpha value is -2.47. The maximum atomic E-state index is 12.4. The predicted octanol–water partition coefficient (Wildman–Crippen LogP) is 3.17. The van der Waals surface area contributed by atoms with Crippen LogP contribution in [0.15, 0.2) is 53.5 Å². The first-order valence-electron chi connectivity index (χ1n) is 7.03. The van der Waals surface area contributed by atoms with E-state index in [4.69, 9.17) is 0 Å². The summed E-state index contributed by atoms with van der Waals surface area (Å²) in [5, 5.41) is 3.38. The highest BCUT2D eigenvalue weighted by Gasteiger charge is 2.18. The van der Waals surface area contributed by atoms with Gasteiger partial charge in [-0.3, -0.25) is 4.79 Å². The Morgan fingerprint density at radius 1 is 1.27 bits per heavy atom. The van der Waals surface area contributed by atoms with Gasteiger partial charge in [-0.15, -0.1) is 0 Å². The number of rotatable bonds is 3. The van der Waals surface area contributed by atoms with E-state index >= 15 is 0 Å². The predicted molar refractivity (Wildman–Crippen MR) is 87.3 cm³/mol. The molecule has 6 heteroatoms. The first-order valence-corrected chi connectivity index (χ1v) is 7.81. The Kier molecular flexibility index (Phi) is 4.02. The van der Waals surface area contributed by atoms with E-state index in [2.05, 4.69) is 10.3 Å². The fraction of sp³-hybridized carbons (Fsp3) is 0.188. The van der Waals surface area contributed by atoms with E-state index in [0.29, 0.717) is 10.2 Å². The van der Waals surface area contributed by atoms with E-state index in [9.17, 15) is 9.59 Å². The van der Waals surface area contributed by atoms with Gasteiger partial charge in [-0.1, -0.05) is 37.3 Å². The maximum absolute atomic E-state index is 12.4. The van der Waals surface area contributed by atoms with E-state index in [1.807, 2.05) is 37.3 Å². The summed E-state index contributed by atoms with van der Waals surface area (Å²) in [5.41, 5.74) is 0.694. The van der Waals surface area contributed by atoms with Gasteiger partial charge in [0, 0.05) is 6.20 Å². The van der Waals surface area contributed by atoms with Gasteiger partial charge in [0.05, 0.1) is 11.4 Å². The van der Waals surface area contributed by atoms with Crippen molar-refractivity contribution in [2.24, 2.45) is 0 Å². The lowest BCUT2D eigenvalue weighted by atomic mass is 10.1. The Balaban J connectivity index is 1.90. The van der Waals surface area contributed by atoms with E-state index in [1.54, 1.807) is 18.3 Å². The molecule has 0 aliphatic rings. The minimum absolute atomic E-state index is 0.126. The normalized spacial score (nSPS) is 12.2. The molecule has 0 fully saturated rings. The molecule has 3 aromatic rings. The highest BCUT2D eigenvalue weighted by molar-refractivity contribution is 7.14. The standard InChI is InChI=1S/C16H15N3O2S/c1-2-13(11-7-4-3-5-8-11)18-16(21)19-15(20)12-9-6-10-17-14(12)22-19/h3-10,13H,2H2,1H3,(H,18,21)/t13-/m0/s1. The summed E-state index contributed by atoms with van der Waals surface area (Å²) in [6, 6.07) is 12.5. The summed E-state index contributed by atoms with van der Waals surface area (Å²) in [6.07, 6.45) is 2.35. The van der Waals surface area contributed by atoms with E-state index in [0.717, 1.165) is 27.5 Å². The van der Waals surface area contributed by atoms with Crippen molar-refractivity contribution < 1.29 is 4.79 Å². The molecule has 2 heterocycles. The van der Waals surface area contributed by atoms with Crippen LogP contribution in [0.4, 0.5) is 4.79 Å². The van der Waals surface area contributed by atoms with Crippen LogP contribution in [-0.2, 0) is 0 Å². The highest BCUT2D eigenvalue weighted by Crippen LogP contribution is 2.17. The average Bonchev–Trinajstić information content (AvgIpc) is 2.91. The van der Waals surface area contributed by atoms with Gasteiger partial charge in [0.2, 0.25) is 0 Å². The summed E-state index contributed by atoms with van der Waals surface area (Å²) in [5.74, 6) is 0. The van der Waals surface area contributed by atoms with Crippen molar-refractivity contribution in [3.05, 3.63) is 64.6 Å². The third-order valence-electron chi connectivity index (χ3n) is 3.46. The van der Waals surface area contributed by atoms with Crippen LogP contribution in [-0.4, -0.2) is 15.0 Å². The number of carbonyl (C=O) groups excluding carboxylic acids is 1. The van der Waals surface area contributed by atoms with Crippen molar-refractivity contribution in [2.75, 3.05) is 0 Å². The van der Waals surface area contributed by atoms with Crippen molar-refractivity contribution in [2.45, 2.75) is 19.4 Å². The van der Waals surface area contributed by atoms with Crippen LogP contribution in [0.25, 0.3) is 10.2 Å². The molecule has 0 saturated heterocycles. The van der Waals surface area contributed by atoms with Crippen LogP contribution in [0.3, 0.4) is 0 Å². The van der Waals surface area contributed by atoms with Gasteiger partial charge < -0.3 is 5.32 Å². The molecule has 0 radical (unpaired) electrons. The maximum Gasteiger partial charge on any atom is 0.338 e. The Labute approximate surface area is 131 Å². The van der Waals surface area contributed by atoms with Crippen LogP contribution in [0.1, 0.15) is 24.9 Å². The van der Waals surface area contributed by atoms with Gasteiger partial charge in [-0.05, 0) is 35.6 Å². The number of aromatic nitrogens is 2. The molecule has 112 valence electrons. The zero-order chi connectivity index (χ0) is 15.5. The van der Waals surface area contributed by atoms with Gasteiger partial charge >= 0.3 is 6.03 Å². The summed E-state index contributed by atoms with van der Waals surface area (Å²) >= 11 is 1.06. The number of amides is 1. The van der Waals surface area contributed by atoms with Gasteiger partial charge in [0.25, 0.3) is 5.56 Å². The molecule has 0 aliphatic carbocycles. The average molecular weight is 313 g/mol. The molecule has 0 aliphatic heterocycles. The molecule has 2 aromatic heterocycles. The molecule has 0 unspecified atom stereocenters. The van der Waals surface area contributed by atoms with E-state index in [-0.39, 0.29) is 11.6 Å². The number of hydrogen-bond donors (Lipinski definition) is 1. The second-order valence-corrected chi connectivity index (χ2v) is 5.80. The third-order valence-corrected chi connectivity index (χ3v) is 4.47. The van der Waals surface area contributed by atoms with Crippen LogP contribution in [0, 0.1) is 0 Å². The minimum Gasteiger partial charge on any atom is -0.330 e. The fourth-order valence-electron chi connectivity index (χ4n) is 2.31. The second-order valence-electron chi connectivity index (χ2n) is 4.87. The summed E-state index contributed by atoms with van der Waals surface area (Å²) < 4.78 is 1.13. The van der Waals surface area contributed by atoms with Gasteiger partial charge in [-0.25, -0.2) is 9.78 Å². The molecule has 1 N–H and O–H groups in total. The molecule has 0 bridgehead atoms. The van der Waals surface area contributed by atoms with Crippen molar-refractivity contribution in [3.8, 4) is 0 Å². The Bertz CT molecular complexity index is 854. The number of pyridine rings is 1. The lowest BCUT2D eigenvalue weighted by Crippen LogP contribution is -2.35. The Morgan fingerprint density at radius 2 is 2.05 bits per heavy atom. The molecule has 1 amide bonds. The number of nitrogens with zero attached hydrogens (tertiary/aromatic N) is 2. The lowest BCUT2D eigenvalue weighted by molar-refractivity contribution is 0.240. The van der Waals surface area contributed by atoms with Crippen molar-refractivity contribution in [1.29, 1.82) is 0 Å². The summed E-state index contributed by atoms with van der Waals surface area (Å²) in [4.78, 5) is 29.3. The largest absolute Gasteiger partial charge is 0.338 e. The number of benzene rings is 1. The molecular weight excluding hydrogens is 298 g/mol. The summed E-state index contributed by atoms with van der Waals surface area (Å²) in [7, 11) is 0. The Morgan fingerprint density at radius 3 is 2.73 bits per heavy atom. The van der Waals surface area contributed by atoms with Crippen molar-refractivity contribution in [3.63, 3.8) is 0 Å². The van der Waals surface area contributed by atoms with Crippen LogP contribution >= 0.6 is 11.5 Å². The second kappa shape index (κ2) is 6.11. The first kappa shape index (κ1) is 14.5. The van der Waals surface area contributed by atoms with Crippen molar-refractivity contribution >= 4 is 27.8 Å². The zero-order valence-electron chi connectivity index (χ0n) is 12.0. The van der Waals surface area contributed by atoms with Crippen LogP contribution in [0.2, 0.25) is 0 Å². The molecule has 22 heavy (non-hydrogen) atoms. The fourth-order valence-corrected chi connectivity index (χ4v) is 3.16. The minimum atomic E-state index is -0.413. The van der Waals surface area contributed by atoms with Gasteiger partial charge in [0.1, 0.15) is 4.83 Å². The quantitative estimate of drug-likeness (QED) is 0.808.